The number of carbonyl (C=O) groups is 1. The van der Waals surface area contributed by atoms with Gasteiger partial charge >= 0.3 is 170 Å². The first-order valence-electron chi connectivity index (χ1n) is 9.20. The molecule has 1 N–H and O–H groups in total. The van der Waals surface area contributed by atoms with Gasteiger partial charge in [0, 0.05) is 0 Å². The number of aliphatic imine (C=N–C) groups is 1. The van der Waals surface area contributed by atoms with Gasteiger partial charge in [-0.3, -0.25) is 0 Å². The number of benzene rings is 1. The van der Waals surface area contributed by atoms with Crippen LogP contribution in [0.3, 0.4) is 0 Å². The van der Waals surface area contributed by atoms with E-state index in [-0.39, 0.29) is 5.76 Å². The van der Waals surface area contributed by atoms with Crippen LogP contribution < -0.4 is 0 Å². The molecule has 1 aromatic carbocycles. The van der Waals surface area contributed by atoms with Crippen molar-refractivity contribution >= 4 is 30.0 Å². The predicted octanol–water partition coefficient (Wildman–Crippen LogP) is 3.98. The number of methoxy groups -OCH3 is 1. The topological polar surface area (TPSA) is 80.5 Å². The molecule has 3 aromatic rings. The standard InChI is InChI=1S/C22H22BN3O3/c1-15(17-7-5-4-6-8-17)11-12-23-16(2)24-14-18-13-19(26-25-18)20-9-10-21(29-20)22(27)28-3/h4-10,12-13H,1,11,14H2,2-3H3,(H,25,26). The van der Waals surface area contributed by atoms with Gasteiger partial charge in [-0.05, 0) is 0 Å². The summed E-state index contributed by atoms with van der Waals surface area (Å²) in [5.41, 5.74) is 4.57. The molecule has 0 unspecified atom stereocenters. The van der Waals surface area contributed by atoms with Gasteiger partial charge < -0.3 is 0 Å². The monoisotopic (exact) mass is 387 g/mol. The van der Waals surface area contributed by atoms with Crippen molar-refractivity contribution in [1.29, 1.82) is 0 Å². The molecule has 0 atom stereocenters. The first kappa shape index (κ1) is 20.3. The fourth-order valence-corrected chi connectivity index (χ4v) is 2.68. The second-order valence-corrected chi connectivity index (χ2v) is 6.47. The number of carbonyl (C=O) groups excluding carboxylic acids is 1. The van der Waals surface area contributed by atoms with E-state index in [0.717, 1.165) is 28.9 Å². The Hall–Kier alpha value is -3.48. The van der Waals surface area contributed by atoms with Crippen molar-refractivity contribution in [2.75, 3.05) is 7.11 Å². The Morgan fingerprint density at radius 3 is 2.86 bits per heavy atom. The number of ether oxygens (including phenoxy) is 1. The normalized spacial score (nSPS) is 11.4. The maximum absolute atomic E-state index is 11.5. The van der Waals surface area contributed by atoms with Gasteiger partial charge in [-0.15, -0.1) is 0 Å². The number of aromatic nitrogens is 2. The van der Waals surface area contributed by atoms with Crippen LogP contribution in [0.25, 0.3) is 17.0 Å². The zero-order valence-corrected chi connectivity index (χ0v) is 16.5. The summed E-state index contributed by atoms with van der Waals surface area (Å²) in [6, 6.07) is 15.2. The molecule has 0 aliphatic carbocycles. The van der Waals surface area contributed by atoms with Crippen LogP contribution in [0, 0.1) is 0 Å². The molecule has 0 aliphatic rings. The average Bonchev–Trinajstić information content (AvgIpc) is 3.42. The Balaban J connectivity index is 1.55. The fraction of sp³-hybridized carbons (Fsp3) is 0.182. The van der Waals surface area contributed by atoms with E-state index in [1.807, 2.05) is 38.1 Å². The summed E-state index contributed by atoms with van der Waals surface area (Å²) in [7, 11) is 1.31. The number of rotatable bonds is 8. The van der Waals surface area contributed by atoms with Gasteiger partial charge in [0.05, 0.1) is 0 Å². The zero-order chi connectivity index (χ0) is 20.6. The van der Waals surface area contributed by atoms with Gasteiger partial charge in [0.2, 0.25) is 0 Å². The summed E-state index contributed by atoms with van der Waals surface area (Å²) in [6.45, 7) is 8.53. The first-order chi connectivity index (χ1) is 14.1. The second kappa shape index (κ2) is 9.64. The van der Waals surface area contributed by atoms with Gasteiger partial charge in [-0.1, -0.05) is 0 Å². The molecule has 29 heavy (non-hydrogen) atoms. The van der Waals surface area contributed by atoms with Crippen LogP contribution in [0.5, 0.6) is 0 Å². The zero-order valence-electron chi connectivity index (χ0n) is 16.5. The van der Waals surface area contributed by atoms with Crippen LogP contribution >= 0.6 is 0 Å². The van der Waals surface area contributed by atoms with Gasteiger partial charge in [0.1, 0.15) is 0 Å². The third-order valence-corrected chi connectivity index (χ3v) is 4.28. The molecule has 0 spiro atoms. The summed E-state index contributed by atoms with van der Waals surface area (Å²) >= 11 is 0. The van der Waals surface area contributed by atoms with Crippen molar-refractivity contribution in [1.82, 2.24) is 10.2 Å². The van der Waals surface area contributed by atoms with Crippen molar-refractivity contribution in [3.05, 3.63) is 72.1 Å². The van der Waals surface area contributed by atoms with Crippen LogP contribution in [0.2, 0.25) is 0 Å². The number of esters is 1. The van der Waals surface area contributed by atoms with Gasteiger partial charge in [0.25, 0.3) is 0 Å². The second-order valence-electron chi connectivity index (χ2n) is 6.47. The minimum atomic E-state index is -0.519. The Morgan fingerprint density at radius 1 is 1.31 bits per heavy atom. The van der Waals surface area contributed by atoms with Crippen molar-refractivity contribution in [2.45, 2.75) is 19.9 Å². The predicted molar refractivity (Wildman–Crippen MR) is 116 cm³/mol. The number of allylic oxidation sites excluding steroid dienone is 1. The summed E-state index contributed by atoms with van der Waals surface area (Å²) in [5.74, 6) is 2.18. The fourth-order valence-electron chi connectivity index (χ4n) is 2.68. The van der Waals surface area contributed by atoms with Crippen LogP contribution in [0.4, 0.5) is 0 Å². The Morgan fingerprint density at radius 2 is 2.10 bits per heavy atom. The molecule has 0 fully saturated rings. The summed E-state index contributed by atoms with van der Waals surface area (Å²) in [5, 5.41) is 7.15. The van der Waals surface area contributed by atoms with Crippen LogP contribution in [0.15, 0.2) is 64.5 Å². The summed E-state index contributed by atoms with van der Waals surface area (Å²) in [6.07, 6.45) is 0.770. The SMILES string of the molecule is C=C(CC=BC(C)=NCc1cc(-c2ccc(C(=O)OC)o2)n[nH]1)c1ccccc1. The number of furan rings is 1. The molecule has 0 aliphatic heterocycles. The number of nitrogens with one attached hydrogen (secondary N) is 1. The van der Waals surface area contributed by atoms with Crippen molar-refractivity contribution < 1.29 is 13.9 Å². The van der Waals surface area contributed by atoms with E-state index < -0.39 is 5.97 Å². The molecule has 0 amide bonds. The number of H-pyrrole nitrogens is 1. The quantitative estimate of drug-likeness (QED) is 0.360. The molecule has 7 heteroatoms. The number of aromatic amines is 1. The molecule has 0 radical (unpaired) electrons. The van der Waals surface area contributed by atoms with Gasteiger partial charge in [-0.25, -0.2) is 0 Å². The summed E-state index contributed by atoms with van der Waals surface area (Å²) in [4.78, 5) is 16.0. The Kier molecular flexibility index (Phi) is 6.74. The van der Waals surface area contributed by atoms with Crippen LogP contribution in [-0.2, 0) is 11.3 Å². The maximum atomic E-state index is 11.5. The number of hydrogen-bond donors (Lipinski definition) is 1. The molecule has 0 bridgehead atoms. The first-order valence-corrected chi connectivity index (χ1v) is 9.20. The molecule has 146 valence electrons. The van der Waals surface area contributed by atoms with Crippen LogP contribution in [0.1, 0.15) is 35.2 Å². The minimum absolute atomic E-state index is 0.142. The van der Waals surface area contributed by atoms with Crippen LogP contribution in [-0.4, -0.2) is 41.8 Å². The third kappa shape index (κ3) is 5.51. The molecule has 0 saturated carbocycles. The Labute approximate surface area is 170 Å². The van der Waals surface area contributed by atoms with E-state index in [4.69, 9.17) is 4.42 Å². The third-order valence-electron chi connectivity index (χ3n) is 4.28. The molecule has 2 aromatic heterocycles. The molecule has 3 rings (SSSR count). The van der Waals surface area contributed by atoms with Crippen molar-refractivity contribution in [2.24, 2.45) is 4.99 Å². The molecule has 0 saturated heterocycles. The van der Waals surface area contributed by atoms with E-state index in [1.54, 1.807) is 12.1 Å². The van der Waals surface area contributed by atoms with E-state index >= 15 is 0 Å². The van der Waals surface area contributed by atoms with Crippen molar-refractivity contribution in [3.63, 3.8) is 0 Å². The molecule has 2 heterocycles. The Bertz CT molecular complexity index is 1050. The van der Waals surface area contributed by atoms with Gasteiger partial charge in [-0.2, -0.15) is 0 Å². The number of nitrogens with zero attached hydrogens (tertiary/aromatic N) is 2. The molecule has 6 nitrogen and oxygen atoms in total. The van der Waals surface area contributed by atoms with Gasteiger partial charge in [0.15, 0.2) is 0 Å². The van der Waals surface area contributed by atoms with E-state index in [0.29, 0.717) is 18.0 Å². The molecular weight excluding hydrogens is 365 g/mol. The molecular formula is C22H22BN3O3. The van der Waals surface area contributed by atoms with E-state index in [2.05, 4.69) is 44.6 Å². The summed E-state index contributed by atoms with van der Waals surface area (Å²) < 4.78 is 10.1. The number of hydrogen-bond acceptors (Lipinski definition) is 5. The van der Waals surface area contributed by atoms with E-state index in [1.165, 1.54) is 7.11 Å². The van der Waals surface area contributed by atoms with Crippen molar-refractivity contribution in [3.8, 4) is 11.5 Å². The van der Waals surface area contributed by atoms with E-state index in [9.17, 15) is 4.79 Å². The average molecular weight is 387 g/mol.